The van der Waals surface area contributed by atoms with Crippen molar-refractivity contribution in [3.8, 4) is 11.1 Å². The fraction of sp³-hybridized carbons (Fsp3) is 0.367. The van der Waals surface area contributed by atoms with Crippen molar-refractivity contribution in [2.24, 2.45) is 5.41 Å². The van der Waals surface area contributed by atoms with Crippen LogP contribution in [0.5, 0.6) is 0 Å². The molecule has 1 spiro atoms. The molecule has 2 aliphatic carbocycles. The number of ether oxygens (including phenoxy) is 2. The Bertz CT molecular complexity index is 1310. The van der Waals surface area contributed by atoms with Crippen LogP contribution < -0.4 is 0 Å². The first-order chi connectivity index (χ1) is 18.4. The maximum Gasteiger partial charge on any atom is 0.409 e. The number of amides is 1. The molecule has 1 aliphatic heterocycles. The van der Waals surface area contributed by atoms with Crippen molar-refractivity contribution in [3.63, 3.8) is 0 Å². The van der Waals surface area contributed by atoms with Gasteiger partial charge in [0.2, 0.25) is 0 Å². The quantitative estimate of drug-likeness (QED) is 0.364. The predicted octanol–water partition coefficient (Wildman–Crippen LogP) is 5.97. The van der Waals surface area contributed by atoms with Gasteiger partial charge in [-0.3, -0.25) is 0 Å². The molecule has 7 nitrogen and oxygen atoms in total. The molecule has 1 saturated carbocycles. The summed E-state index contributed by atoms with van der Waals surface area (Å²) in [5.41, 5.74) is 5.06. The molecule has 8 heteroatoms. The molecule has 196 valence electrons. The Morgan fingerprint density at radius 1 is 0.947 bits per heavy atom. The van der Waals surface area contributed by atoms with Crippen LogP contribution in [0.15, 0.2) is 71.5 Å². The highest BCUT2D eigenvalue weighted by Crippen LogP contribution is 2.52. The molecule has 1 saturated heterocycles. The molecule has 3 aromatic rings. The molecular weight excluding hydrogens is 548 g/mol. The number of likely N-dealkylation sites (tertiary alicyclic amines) is 1. The molecule has 1 amide bonds. The number of pyridine rings is 1. The van der Waals surface area contributed by atoms with E-state index in [9.17, 15) is 14.7 Å². The molecule has 2 heterocycles. The van der Waals surface area contributed by atoms with Crippen molar-refractivity contribution in [2.75, 3.05) is 26.3 Å². The average molecular weight is 577 g/mol. The van der Waals surface area contributed by atoms with Crippen molar-refractivity contribution in [1.82, 2.24) is 9.88 Å². The number of hydrogen-bond acceptors (Lipinski definition) is 5. The van der Waals surface area contributed by atoms with Gasteiger partial charge in [0.15, 0.2) is 0 Å². The zero-order valence-corrected chi connectivity index (χ0v) is 22.5. The Balaban J connectivity index is 1.08. The summed E-state index contributed by atoms with van der Waals surface area (Å²) < 4.78 is 12.6. The van der Waals surface area contributed by atoms with Crippen LogP contribution in [0.1, 0.15) is 48.3 Å². The fourth-order valence-electron chi connectivity index (χ4n) is 6.44. The predicted molar refractivity (Wildman–Crippen MR) is 145 cm³/mol. The molecule has 38 heavy (non-hydrogen) atoms. The van der Waals surface area contributed by atoms with Crippen LogP contribution in [0.25, 0.3) is 11.1 Å². The van der Waals surface area contributed by atoms with E-state index in [0.717, 1.165) is 23.0 Å². The minimum atomic E-state index is -0.986. The first-order valence-electron chi connectivity index (χ1n) is 13.0. The third-order valence-corrected chi connectivity index (χ3v) is 8.96. The maximum atomic E-state index is 13.0. The van der Waals surface area contributed by atoms with Crippen LogP contribution >= 0.6 is 15.9 Å². The number of carbonyl (C=O) groups excluding carboxylic acids is 1. The lowest BCUT2D eigenvalue weighted by atomic mass is 9.63. The van der Waals surface area contributed by atoms with Gasteiger partial charge >= 0.3 is 12.1 Å². The van der Waals surface area contributed by atoms with E-state index in [0.29, 0.717) is 32.5 Å². The molecule has 1 N–H and O–H groups in total. The van der Waals surface area contributed by atoms with Gasteiger partial charge in [0, 0.05) is 36.2 Å². The van der Waals surface area contributed by atoms with Gasteiger partial charge in [-0.05, 0) is 69.9 Å². The summed E-state index contributed by atoms with van der Waals surface area (Å²) in [6, 6.07) is 20.5. The number of halogens is 1. The van der Waals surface area contributed by atoms with E-state index in [4.69, 9.17) is 9.47 Å². The highest BCUT2D eigenvalue weighted by atomic mass is 79.9. The number of carboxylic acid groups (broad SMARTS) is 1. The number of aliphatic carboxylic acids is 1. The normalized spacial score (nSPS) is 18.9. The highest BCUT2D eigenvalue weighted by molar-refractivity contribution is 9.10. The Morgan fingerprint density at radius 2 is 1.58 bits per heavy atom. The third kappa shape index (κ3) is 4.50. The smallest absolute Gasteiger partial charge is 0.409 e. The van der Waals surface area contributed by atoms with E-state index in [1.54, 1.807) is 11.1 Å². The van der Waals surface area contributed by atoms with Crippen molar-refractivity contribution >= 4 is 28.0 Å². The summed E-state index contributed by atoms with van der Waals surface area (Å²) in [6.07, 6.45) is 4.54. The topological polar surface area (TPSA) is 89.0 Å². The Morgan fingerprint density at radius 3 is 2.16 bits per heavy atom. The third-order valence-electron chi connectivity index (χ3n) is 8.49. The number of hydrogen-bond donors (Lipinski definition) is 1. The second kappa shape index (κ2) is 9.82. The van der Waals surface area contributed by atoms with Gasteiger partial charge in [-0.1, -0.05) is 54.6 Å². The van der Waals surface area contributed by atoms with Crippen LogP contribution in [0, 0.1) is 5.41 Å². The Kier molecular flexibility index (Phi) is 6.48. The molecule has 0 bridgehead atoms. The van der Waals surface area contributed by atoms with Crippen molar-refractivity contribution in [3.05, 3.63) is 88.2 Å². The zero-order valence-electron chi connectivity index (χ0n) is 20.9. The van der Waals surface area contributed by atoms with Crippen LogP contribution in [-0.4, -0.2) is 53.4 Å². The molecule has 0 unspecified atom stereocenters. The average Bonchev–Trinajstić information content (AvgIpc) is 3.23. The number of carbonyl (C=O) groups is 2. The summed E-state index contributed by atoms with van der Waals surface area (Å²) >= 11 is 3.36. The monoisotopic (exact) mass is 576 g/mol. The number of fused-ring (bicyclic) bond motifs is 3. The summed E-state index contributed by atoms with van der Waals surface area (Å²) in [7, 11) is 0. The lowest BCUT2D eigenvalue weighted by Gasteiger charge is -2.55. The largest absolute Gasteiger partial charge is 0.480 e. The van der Waals surface area contributed by atoms with Gasteiger partial charge in [-0.25, -0.2) is 14.6 Å². The van der Waals surface area contributed by atoms with Gasteiger partial charge < -0.3 is 19.5 Å². The van der Waals surface area contributed by atoms with Gasteiger partial charge in [0.05, 0.1) is 5.60 Å². The molecular formula is C30H29BrN2O5. The van der Waals surface area contributed by atoms with E-state index in [2.05, 4.69) is 45.2 Å². The number of rotatable bonds is 6. The molecule has 6 rings (SSSR count). The minimum absolute atomic E-state index is 0.0183. The number of carboxylic acids is 1. The van der Waals surface area contributed by atoms with Crippen molar-refractivity contribution in [2.45, 2.75) is 37.2 Å². The first-order valence-corrected chi connectivity index (χ1v) is 13.8. The second-order valence-electron chi connectivity index (χ2n) is 10.7. The van der Waals surface area contributed by atoms with Crippen molar-refractivity contribution in [1.29, 1.82) is 0 Å². The molecule has 2 aromatic carbocycles. The van der Waals surface area contributed by atoms with Gasteiger partial charge in [-0.15, -0.1) is 0 Å². The van der Waals surface area contributed by atoms with E-state index in [1.807, 2.05) is 36.4 Å². The molecule has 0 atom stereocenters. The van der Waals surface area contributed by atoms with Crippen LogP contribution in [0.4, 0.5) is 4.79 Å². The molecule has 1 aromatic heterocycles. The van der Waals surface area contributed by atoms with Crippen molar-refractivity contribution < 1.29 is 24.2 Å². The van der Waals surface area contributed by atoms with E-state index >= 15 is 0 Å². The Labute approximate surface area is 229 Å². The van der Waals surface area contributed by atoms with Gasteiger partial charge in [-0.2, -0.15) is 0 Å². The lowest BCUT2D eigenvalue weighted by Crippen LogP contribution is -2.61. The summed E-state index contributed by atoms with van der Waals surface area (Å²) in [6.45, 7) is 1.27. The van der Waals surface area contributed by atoms with E-state index < -0.39 is 11.6 Å². The standard InChI is InChI=1S/C30H29BrN2O5/c31-26-10-9-20(15-32-26)30(38-17-27(34)35)13-11-29(12-14-30)18-33(19-29)28(36)37-16-25-23-7-3-1-5-21(23)22-6-2-4-8-24(22)25/h1-10,15,25H,11-14,16-19H2,(H,34,35). The Hall–Kier alpha value is -3.23. The minimum Gasteiger partial charge on any atom is -0.480 e. The first kappa shape index (κ1) is 25.1. The van der Waals surface area contributed by atoms with E-state index in [-0.39, 0.29) is 24.0 Å². The maximum absolute atomic E-state index is 13.0. The van der Waals surface area contributed by atoms with E-state index in [1.165, 1.54) is 22.3 Å². The second-order valence-corrected chi connectivity index (χ2v) is 11.5. The number of aromatic nitrogens is 1. The number of benzene rings is 2. The van der Waals surface area contributed by atoms with Crippen LogP contribution in [0.2, 0.25) is 0 Å². The SMILES string of the molecule is O=C(O)COC1(c2ccc(Br)nc2)CCC2(CC1)CN(C(=O)OCC1c3ccccc3-c3ccccc31)C2. The van der Waals surface area contributed by atoms with Crippen LogP contribution in [0.3, 0.4) is 0 Å². The van der Waals surface area contributed by atoms with Gasteiger partial charge in [0.25, 0.3) is 0 Å². The van der Waals surface area contributed by atoms with Crippen LogP contribution in [-0.2, 0) is 19.9 Å². The fourth-order valence-corrected chi connectivity index (χ4v) is 6.67. The highest BCUT2D eigenvalue weighted by Gasteiger charge is 2.52. The molecule has 0 radical (unpaired) electrons. The van der Waals surface area contributed by atoms with Gasteiger partial charge in [0.1, 0.15) is 17.8 Å². The molecule has 3 aliphatic rings. The lowest BCUT2D eigenvalue weighted by molar-refractivity contribution is -0.160. The number of nitrogens with zero attached hydrogens (tertiary/aromatic N) is 2. The molecule has 2 fully saturated rings. The summed E-state index contributed by atoms with van der Waals surface area (Å²) in [4.78, 5) is 30.4. The zero-order chi connectivity index (χ0) is 26.3. The summed E-state index contributed by atoms with van der Waals surface area (Å²) in [5, 5.41) is 9.24. The summed E-state index contributed by atoms with van der Waals surface area (Å²) in [5.74, 6) is -0.942.